The van der Waals surface area contributed by atoms with Gasteiger partial charge in [-0.2, -0.15) is 0 Å². The van der Waals surface area contributed by atoms with Crippen molar-refractivity contribution in [1.29, 1.82) is 0 Å². The number of hydrogen-bond donors (Lipinski definition) is 1. The van der Waals surface area contributed by atoms with E-state index in [9.17, 15) is 18.8 Å². The van der Waals surface area contributed by atoms with Gasteiger partial charge >= 0.3 is 0 Å². The fourth-order valence-electron chi connectivity index (χ4n) is 3.92. The predicted octanol–water partition coefficient (Wildman–Crippen LogP) is 1.71. The Morgan fingerprint density at radius 3 is 2.30 bits per heavy atom. The first-order chi connectivity index (χ1) is 14.5. The summed E-state index contributed by atoms with van der Waals surface area (Å²) in [6.45, 7) is 2.74. The number of piperazine rings is 1. The minimum absolute atomic E-state index is 0.0794. The van der Waals surface area contributed by atoms with Gasteiger partial charge in [-0.05, 0) is 36.4 Å². The summed E-state index contributed by atoms with van der Waals surface area (Å²) >= 11 is 0. The molecular weight excluding hydrogens is 387 g/mol. The fraction of sp³-hybridized carbons (Fsp3) is 0.318. The highest BCUT2D eigenvalue weighted by molar-refractivity contribution is 6.22. The number of carbonyl (C=O) groups is 3. The Morgan fingerprint density at radius 1 is 0.967 bits per heavy atom. The smallest absolute Gasteiger partial charge is 0.251 e. The molecule has 3 amide bonds. The molecule has 2 fully saturated rings. The van der Waals surface area contributed by atoms with Gasteiger partial charge in [0, 0.05) is 31.9 Å². The van der Waals surface area contributed by atoms with E-state index in [0.29, 0.717) is 31.9 Å². The second-order valence-electron chi connectivity index (χ2n) is 7.49. The fourth-order valence-corrected chi connectivity index (χ4v) is 3.92. The van der Waals surface area contributed by atoms with E-state index in [1.165, 1.54) is 24.3 Å². The van der Waals surface area contributed by atoms with Crippen molar-refractivity contribution in [3.8, 4) is 0 Å². The van der Waals surface area contributed by atoms with Crippen LogP contribution in [0.2, 0.25) is 0 Å². The van der Waals surface area contributed by atoms with E-state index in [-0.39, 0.29) is 30.7 Å². The van der Waals surface area contributed by atoms with Crippen LogP contribution in [0.1, 0.15) is 6.42 Å². The Kier molecular flexibility index (Phi) is 5.87. The second kappa shape index (κ2) is 8.73. The average molecular weight is 410 g/mol. The van der Waals surface area contributed by atoms with Crippen LogP contribution in [0, 0.1) is 5.82 Å². The van der Waals surface area contributed by atoms with Crippen LogP contribution in [0.15, 0.2) is 54.6 Å². The third kappa shape index (κ3) is 4.39. The molecule has 2 aliphatic rings. The third-order valence-electron chi connectivity index (χ3n) is 5.48. The number of halogens is 1. The number of nitrogens with zero attached hydrogens (tertiary/aromatic N) is 3. The topological polar surface area (TPSA) is 73.0 Å². The highest BCUT2D eigenvalue weighted by Gasteiger charge is 2.43. The number of hydrogen-bond acceptors (Lipinski definition) is 5. The Bertz CT molecular complexity index is 927. The molecule has 0 aliphatic carbocycles. The molecule has 2 aromatic carbocycles. The minimum Gasteiger partial charge on any atom is -0.325 e. The molecule has 8 heteroatoms. The maximum absolute atomic E-state index is 13.2. The molecule has 0 saturated carbocycles. The predicted molar refractivity (Wildman–Crippen MR) is 110 cm³/mol. The number of para-hydroxylation sites is 1. The van der Waals surface area contributed by atoms with Crippen molar-refractivity contribution in [2.24, 2.45) is 0 Å². The van der Waals surface area contributed by atoms with Gasteiger partial charge in [-0.3, -0.25) is 24.2 Å². The largest absolute Gasteiger partial charge is 0.325 e. The van der Waals surface area contributed by atoms with E-state index in [4.69, 9.17) is 0 Å². The SMILES string of the molecule is O=C(CN1CCN([C@@H]2CC(=O)N(c3ccc(F)cc3)C2=O)CC1)Nc1ccccc1. The average Bonchev–Trinajstić information content (AvgIpc) is 3.04. The van der Waals surface area contributed by atoms with E-state index in [1.54, 1.807) is 0 Å². The standard InChI is InChI=1S/C22H23FN4O3/c23-16-6-8-18(9-7-16)27-21(29)14-19(22(27)30)26-12-10-25(11-13-26)15-20(28)24-17-4-2-1-3-5-17/h1-9,19H,10-15H2,(H,24,28)/t19-/m1/s1. The van der Waals surface area contributed by atoms with Crippen LogP contribution < -0.4 is 10.2 Å². The van der Waals surface area contributed by atoms with Gasteiger partial charge in [0.15, 0.2) is 0 Å². The summed E-state index contributed by atoms with van der Waals surface area (Å²) in [4.78, 5) is 42.7. The van der Waals surface area contributed by atoms with Gasteiger partial charge in [0.05, 0.1) is 24.7 Å². The van der Waals surface area contributed by atoms with Gasteiger partial charge < -0.3 is 5.32 Å². The van der Waals surface area contributed by atoms with Crippen LogP contribution in [0.25, 0.3) is 0 Å². The van der Waals surface area contributed by atoms with Crippen molar-refractivity contribution in [2.75, 3.05) is 42.9 Å². The minimum atomic E-state index is -0.511. The Labute approximate surface area is 174 Å². The summed E-state index contributed by atoms with van der Waals surface area (Å²) in [5.74, 6) is -1.05. The van der Waals surface area contributed by atoms with Gasteiger partial charge in [0.25, 0.3) is 5.91 Å². The number of amides is 3. The van der Waals surface area contributed by atoms with Gasteiger partial charge in [-0.1, -0.05) is 18.2 Å². The Morgan fingerprint density at radius 2 is 1.63 bits per heavy atom. The molecule has 2 heterocycles. The molecule has 2 saturated heterocycles. The summed E-state index contributed by atoms with van der Waals surface area (Å²) < 4.78 is 13.2. The van der Waals surface area contributed by atoms with Crippen LogP contribution in [-0.4, -0.2) is 66.3 Å². The summed E-state index contributed by atoms with van der Waals surface area (Å²) in [5, 5.41) is 2.87. The molecule has 0 aromatic heterocycles. The molecule has 156 valence electrons. The maximum Gasteiger partial charge on any atom is 0.251 e. The summed E-state index contributed by atoms with van der Waals surface area (Å²) in [5.41, 5.74) is 1.15. The number of benzene rings is 2. The Balaban J connectivity index is 1.31. The third-order valence-corrected chi connectivity index (χ3v) is 5.48. The highest BCUT2D eigenvalue weighted by Crippen LogP contribution is 2.26. The first-order valence-electron chi connectivity index (χ1n) is 9.95. The molecule has 30 heavy (non-hydrogen) atoms. The summed E-state index contributed by atoms with van der Waals surface area (Å²) in [6.07, 6.45) is 0.116. The van der Waals surface area contributed by atoms with Crippen LogP contribution in [0.5, 0.6) is 0 Å². The number of imide groups is 1. The first-order valence-corrected chi connectivity index (χ1v) is 9.95. The first kappa shape index (κ1) is 20.2. The van der Waals surface area contributed by atoms with Gasteiger partial charge in [0.2, 0.25) is 11.8 Å². The van der Waals surface area contributed by atoms with Crippen molar-refractivity contribution in [1.82, 2.24) is 9.80 Å². The molecular formula is C22H23FN4O3. The van der Waals surface area contributed by atoms with Crippen molar-refractivity contribution in [2.45, 2.75) is 12.5 Å². The molecule has 2 aliphatic heterocycles. The molecule has 7 nitrogen and oxygen atoms in total. The molecule has 1 atom stereocenters. The second-order valence-corrected chi connectivity index (χ2v) is 7.49. The number of rotatable bonds is 5. The van der Waals surface area contributed by atoms with E-state index in [2.05, 4.69) is 5.32 Å². The quantitative estimate of drug-likeness (QED) is 0.760. The van der Waals surface area contributed by atoms with Gasteiger partial charge in [0.1, 0.15) is 5.82 Å². The maximum atomic E-state index is 13.2. The lowest BCUT2D eigenvalue weighted by molar-refractivity contribution is -0.124. The molecule has 0 radical (unpaired) electrons. The van der Waals surface area contributed by atoms with Gasteiger partial charge in [-0.25, -0.2) is 9.29 Å². The Hall–Kier alpha value is -3.10. The van der Waals surface area contributed by atoms with Crippen LogP contribution in [0.4, 0.5) is 15.8 Å². The lowest BCUT2D eigenvalue weighted by atomic mass is 10.1. The van der Waals surface area contributed by atoms with Crippen LogP contribution in [-0.2, 0) is 14.4 Å². The van der Waals surface area contributed by atoms with Crippen molar-refractivity contribution in [3.63, 3.8) is 0 Å². The monoisotopic (exact) mass is 410 g/mol. The number of nitrogens with one attached hydrogen (secondary N) is 1. The van der Waals surface area contributed by atoms with E-state index in [1.807, 2.05) is 40.1 Å². The number of anilines is 2. The van der Waals surface area contributed by atoms with E-state index >= 15 is 0 Å². The highest BCUT2D eigenvalue weighted by atomic mass is 19.1. The molecule has 4 rings (SSSR count). The molecule has 1 N–H and O–H groups in total. The van der Waals surface area contributed by atoms with Crippen LogP contribution in [0.3, 0.4) is 0 Å². The lowest BCUT2D eigenvalue weighted by Crippen LogP contribution is -2.53. The van der Waals surface area contributed by atoms with Gasteiger partial charge in [-0.15, -0.1) is 0 Å². The molecule has 0 spiro atoms. The normalized spacial score (nSPS) is 20.6. The molecule has 0 unspecified atom stereocenters. The zero-order valence-electron chi connectivity index (χ0n) is 16.5. The number of carbonyl (C=O) groups excluding carboxylic acids is 3. The van der Waals surface area contributed by atoms with E-state index < -0.39 is 11.9 Å². The van der Waals surface area contributed by atoms with Crippen molar-refractivity contribution >= 4 is 29.1 Å². The van der Waals surface area contributed by atoms with E-state index in [0.717, 1.165) is 10.6 Å². The summed E-state index contributed by atoms with van der Waals surface area (Å²) in [7, 11) is 0. The van der Waals surface area contributed by atoms with Crippen molar-refractivity contribution < 1.29 is 18.8 Å². The molecule has 0 bridgehead atoms. The lowest BCUT2D eigenvalue weighted by Gasteiger charge is -2.36. The zero-order chi connectivity index (χ0) is 21.1. The zero-order valence-corrected chi connectivity index (χ0v) is 16.5. The van der Waals surface area contributed by atoms with Crippen molar-refractivity contribution in [3.05, 3.63) is 60.4 Å². The molecule has 2 aromatic rings. The summed E-state index contributed by atoms with van der Waals surface area (Å²) in [6, 6.07) is 14.1. The van der Waals surface area contributed by atoms with Crippen LogP contribution >= 0.6 is 0 Å².